The fourth-order valence-electron chi connectivity index (χ4n) is 2.58. The number of hydrogen-bond acceptors (Lipinski definition) is 4. The summed E-state index contributed by atoms with van der Waals surface area (Å²) in [4.78, 5) is 29.9. The van der Waals surface area contributed by atoms with Gasteiger partial charge in [0.05, 0.1) is 20.9 Å². The first-order valence-corrected chi connectivity index (χ1v) is 8.49. The number of aromatic nitrogens is 2. The second-order valence-corrected chi connectivity index (χ2v) is 6.41. The Labute approximate surface area is 158 Å². The van der Waals surface area contributed by atoms with E-state index >= 15 is 0 Å². The number of nitro groups is 1. The third-order valence-electron chi connectivity index (χ3n) is 3.87. The van der Waals surface area contributed by atoms with Gasteiger partial charge in [0.2, 0.25) is 0 Å². The third-order valence-corrected chi connectivity index (χ3v) is 4.40. The van der Waals surface area contributed by atoms with E-state index < -0.39 is 4.92 Å². The summed E-state index contributed by atoms with van der Waals surface area (Å²) in [6.07, 6.45) is 2.07. The highest BCUT2D eigenvalue weighted by atomic mass is 35.5. The van der Waals surface area contributed by atoms with Gasteiger partial charge in [0, 0.05) is 16.7 Å². The topological polar surface area (TPSA) is 88.9 Å². The van der Waals surface area contributed by atoms with Crippen LogP contribution in [0.15, 0.2) is 41.2 Å². The number of fused-ring (bicyclic) bond motifs is 1. The van der Waals surface area contributed by atoms with Crippen molar-refractivity contribution in [3.63, 3.8) is 0 Å². The van der Waals surface area contributed by atoms with Crippen molar-refractivity contribution in [1.82, 2.24) is 9.97 Å². The number of H-pyrrole nitrogens is 1. The monoisotopic (exact) mass is 389 g/mol. The first kappa shape index (κ1) is 18.1. The van der Waals surface area contributed by atoms with Gasteiger partial charge in [-0.15, -0.1) is 0 Å². The van der Waals surface area contributed by atoms with E-state index in [0.717, 1.165) is 0 Å². The molecule has 0 aliphatic heterocycles. The number of rotatable bonds is 4. The minimum atomic E-state index is -0.427. The number of nitrogens with one attached hydrogen (secondary N) is 1. The van der Waals surface area contributed by atoms with Gasteiger partial charge in [-0.05, 0) is 36.3 Å². The Morgan fingerprint density at radius 2 is 2.08 bits per heavy atom. The lowest BCUT2D eigenvalue weighted by Crippen LogP contribution is -2.10. The van der Waals surface area contributed by atoms with E-state index in [9.17, 15) is 14.9 Å². The van der Waals surface area contributed by atoms with Crippen LogP contribution in [0.2, 0.25) is 5.02 Å². The van der Waals surface area contributed by atoms with E-state index in [-0.39, 0.29) is 22.1 Å². The van der Waals surface area contributed by atoms with Crippen molar-refractivity contribution in [3.05, 3.63) is 78.8 Å². The number of halogens is 2. The molecule has 0 aliphatic rings. The maximum Gasteiger partial charge on any atom is 0.273 e. The van der Waals surface area contributed by atoms with Crippen LogP contribution in [0.4, 0.5) is 5.69 Å². The Hall–Kier alpha value is -2.70. The normalized spacial score (nSPS) is 11.7. The summed E-state index contributed by atoms with van der Waals surface area (Å²) in [6.45, 7) is 1.85. The molecular formula is C18H13Cl2N3O3. The molecule has 3 rings (SSSR count). The van der Waals surface area contributed by atoms with Crippen molar-refractivity contribution in [2.24, 2.45) is 0 Å². The minimum absolute atomic E-state index is 0.0281. The molecule has 1 N–H and O–H groups in total. The molecule has 0 aliphatic carbocycles. The summed E-state index contributed by atoms with van der Waals surface area (Å²) in [5, 5.41) is 12.1. The Morgan fingerprint density at radius 3 is 2.77 bits per heavy atom. The van der Waals surface area contributed by atoms with Crippen molar-refractivity contribution in [2.45, 2.75) is 13.3 Å². The largest absolute Gasteiger partial charge is 0.305 e. The zero-order chi connectivity index (χ0) is 18.8. The molecule has 0 atom stereocenters. The second kappa shape index (κ2) is 7.27. The van der Waals surface area contributed by atoms with Crippen molar-refractivity contribution in [3.8, 4) is 0 Å². The van der Waals surface area contributed by atoms with Crippen LogP contribution in [0.5, 0.6) is 0 Å². The molecule has 8 heteroatoms. The molecular weight excluding hydrogens is 377 g/mol. The Bertz CT molecular complexity index is 1110. The molecule has 0 saturated carbocycles. The Kier molecular flexibility index (Phi) is 5.06. The molecule has 1 heterocycles. The first-order chi connectivity index (χ1) is 12.4. The summed E-state index contributed by atoms with van der Waals surface area (Å²) in [5.74, 6) is 0.175. The predicted octanol–water partition coefficient (Wildman–Crippen LogP) is 4.78. The van der Waals surface area contributed by atoms with E-state index in [0.29, 0.717) is 33.5 Å². The van der Waals surface area contributed by atoms with Crippen molar-refractivity contribution < 1.29 is 4.92 Å². The molecule has 0 saturated heterocycles. The molecule has 132 valence electrons. The van der Waals surface area contributed by atoms with E-state index in [1.807, 2.05) is 6.92 Å². The smallest absolute Gasteiger partial charge is 0.273 e. The average Bonchev–Trinajstić information content (AvgIpc) is 2.62. The molecule has 0 radical (unpaired) electrons. The Morgan fingerprint density at radius 1 is 1.31 bits per heavy atom. The summed E-state index contributed by atoms with van der Waals surface area (Å²) in [6, 6.07) is 9.64. The van der Waals surface area contributed by atoms with Gasteiger partial charge < -0.3 is 4.98 Å². The van der Waals surface area contributed by atoms with Gasteiger partial charge in [-0.1, -0.05) is 42.3 Å². The predicted molar refractivity (Wildman–Crippen MR) is 104 cm³/mol. The van der Waals surface area contributed by atoms with E-state index in [1.54, 1.807) is 24.3 Å². The fraction of sp³-hybridized carbons (Fsp3) is 0.111. The lowest BCUT2D eigenvalue weighted by Gasteiger charge is -2.04. The standard InChI is InChI=1S/C18H13Cl2N3O3/c1-2-11-4-3-10(8-16(11)23(25)26)7-14(20)17-21-15-6-5-12(19)9-13(15)18(24)22-17/h3-9H,2H2,1H3,(H,21,22,24)/b14-7-. The number of aryl methyl sites for hydroxylation is 1. The molecule has 6 nitrogen and oxygen atoms in total. The van der Waals surface area contributed by atoms with Gasteiger partial charge in [0.25, 0.3) is 11.2 Å². The van der Waals surface area contributed by atoms with Crippen molar-refractivity contribution in [1.29, 1.82) is 0 Å². The van der Waals surface area contributed by atoms with E-state index in [1.165, 1.54) is 18.2 Å². The number of aromatic amines is 1. The van der Waals surface area contributed by atoms with Gasteiger partial charge in [0.15, 0.2) is 5.82 Å². The van der Waals surface area contributed by atoms with Crippen LogP contribution in [0, 0.1) is 10.1 Å². The maximum atomic E-state index is 12.2. The summed E-state index contributed by atoms with van der Waals surface area (Å²) < 4.78 is 0. The number of hydrogen-bond donors (Lipinski definition) is 1. The molecule has 1 aromatic heterocycles. The highest BCUT2D eigenvalue weighted by molar-refractivity contribution is 6.50. The highest BCUT2D eigenvalue weighted by Crippen LogP contribution is 2.25. The van der Waals surface area contributed by atoms with Crippen LogP contribution in [0.1, 0.15) is 23.9 Å². The maximum absolute atomic E-state index is 12.2. The highest BCUT2D eigenvalue weighted by Gasteiger charge is 2.13. The quantitative estimate of drug-likeness (QED) is 0.513. The van der Waals surface area contributed by atoms with Gasteiger partial charge in [0.1, 0.15) is 0 Å². The van der Waals surface area contributed by atoms with Crippen LogP contribution in [-0.2, 0) is 6.42 Å². The van der Waals surface area contributed by atoms with Gasteiger partial charge in [-0.2, -0.15) is 0 Å². The zero-order valence-electron chi connectivity index (χ0n) is 13.6. The molecule has 0 amide bonds. The third kappa shape index (κ3) is 3.61. The zero-order valence-corrected chi connectivity index (χ0v) is 15.1. The number of benzene rings is 2. The molecule has 0 spiro atoms. The van der Waals surface area contributed by atoms with Crippen LogP contribution in [-0.4, -0.2) is 14.9 Å². The number of nitro benzene ring substituents is 1. The van der Waals surface area contributed by atoms with Gasteiger partial charge in [-0.3, -0.25) is 14.9 Å². The second-order valence-electron chi connectivity index (χ2n) is 5.57. The molecule has 0 fully saturated rings. The van der Waals surface area contributed by atoms with Crippen LogP contribution < -0.4 is 5.56 Å². The van der Waals surface area contributed by atoms with Crippen LogP contribution in [0.25, 0.3) is 22.0 Å². The van der Waals surface area contributed by atoms with Crippen LogP contribution >= 0.6 is 23.2 Å². The van der Waals surface area contributed by atoms with Crippen molar-refractivity contribution >= 4 is 50.9 Å². The van der Waals surface area contributed by atoms with E-state index in [4.69, 9.17) is 23.2 Å². The first-order valence-electron chi connectivity index (χ1n) is 7.73. The summed E-state index contributed by atoms with van der Waals surface area (Å²) >= 11 is 12.2. The van der Waals surface area contributed by atoms with E-state index in [2.05, 4.69) is 9.97 Å². The molecule has 0 unspecified atom stereocenters. The Balaban J connectivity index is 2.06. The molecule has 0 bridgehead atoms. The molecule has 3 aromatic rings. The lowest BCUT2D eigenvalue weighted by atomic mass is 10.1. The fourth-order valence-corrected chi connectivity index (χ4v) is 2.97. The van der Waals surface area contributed by atoms with Crippen LogP contribution in [0.3, 0.4) is 0 Å². The summed E-state index contributed by atoms with van der Waals surface area (Å²) in [7, 11) is 0. The molecule has 2 aromatic carbocycles. The SMILES string of the molecule is CCc1ccc(/C=C(\Cl)c2nc3ccc(Cl)cc3c(=O)[nH]2)cc1[N+](=O)[O-]. The minimum Gasteiger partial charge on any atom is -0.305 e. The summed E-state index contributed by atoms with van der Waals surface area (Å²) in [5.41, 5.74) is 1.29. The lowest BCUT2D eigenvalue weighted by molar-refractivity contribution is -0.385. The average molecular weight is 390 g/mol. The van der Waals surface area contributed by atoms with Gasteiger partial charge in [-0.25, -0.2) is 4.98 Å². The van der Waals surface area contributed by atoms with Gasteiger partial charge >= 0.3 is 0 Å². The van der Waals surface area contributed by atoms with Crippen molar-refractivity contribution in [2.75, 3.05) is 0 Å². The number of nitrogens with zero attached hydrogens (tertiary/aromatic N) is 2. The molecule has 26 heavy (non-hydrogen) atoms.